The van der Waals surface area contributed by atoms with Gasteiger partial charge in [0.2, 0.25) is 0 Å². The molecule has 3 rings (SSSR count). The number of hydrogen-bond acceptors (Lipinski definition) is 2. The van der Waals surface area contributed by atoms with Gasteiger partial charge < -0.3 is 5.11 Å². The quantitative estimate of drug-likeness (QED) is 0.851. The van der Waals surface area contributed by atoms with Gasteiger partial charge in [0.05, 0.1) is 0 Å². The lowest BCUT2D eigenvalue weighted by atomic mass is 10.0. The lowest BCUT2D eigenvalue weighted by molar-refractivity contribution is 0.105. The minimum atomic E-state index is -0.734. The van der Waals surface area contributed by atoms with Crippen LogP contribution in [0, 0.1) is 11.6 Å². The van der Waals surface area contributed by atoms with Crippen molar-refractivity contribution in [2.24, 2.45) is 0 Å². The van der Waals surface area contributed by atoms with Gasteiger partial charge in [-0.3, -0.25) is 4.79 Å². The minimum absolute atomic E-state index is 0.0211. The van der Waals surface area contributed by atoms with Crippen molar-refractivity contribution < 1.29 is 18.7 Å². The Kier molecular flexibility index (Phi) is 2.45. The van der Waals surface area contributed by atoms with E-state index in [0.29, 0.717) is 11.1 Å². The van der Waals surface area contributed by atoms with Crippen LogP contribution in [0.25, 0.3) is 11.6 Å². The summed E-state index contributed by atoms with van der Waals surface area (Å²) in [5.74, 6) is -1.84. The highest BCUT2D eigenvalue weighted by Gasteiger charge is 2.24. The van der Waals surface area contributed by atoms with E-state index in [2.05, 4.69) is 0 Å². The highest BCUT2D eigenvalue weighted by molar-refractivity contribution is 6.37. The standard InChI is InChI=1S/C15H8F2O2/c16-10-3-9(4-11(17)6-10)13-5-8-1-2-12(18)7-14(8)15(13)19/h1-7,18H. The molecule has 2 aromatic carbocycles. The third-order valence-corrected chi connectivity index (χ3v) is 3.00. The maximum atomic E-state index is 13.2. The fourth-order valence-electron chi connectivity index (χ4n) is 2.16. The second-order valence-corrected chi connectivity index (χ2v) is 4.32. The smallest absolute Gasteiger partial charge is 0.194 e. The van der Waals surface area contributed by atoms with E-state index in [1.54, 1.807) is 12.1 Å². The van der Waals surface area contributed by atoms with Crippen molar-refractivity contribution in [3.63, 3.8) is 0 Å². The zero-order chi connectivity index (χ0) is 13.6. The lowest BCUT2D eigenvalue weighted by Gasteiger charge is -2.02. The molecule has 0 saturated heterocycles. The maximum absolute atomic E-state index is 13.2. The van der Waals surface area contributed by atoms with Gasteiger partial charge in [0, 0.05) is 17.2 Å². The van der Waals surface area contributed by atoms with Crippen LogP contribution < -0.4 is 0 Å². The number of carbonyl (C=O) groups excluding carboxylic acids is 1. The van der Waals surface area contributed by atoms with Crippen LogP contribution in [0.15, 0.2) is 36.4 Å². The number of phenols is 1. The molecular formula is C15H8F2O2. The van der Waals surface area contributed by atoms with Gasteiger partial charge >= 0.3 is 0 Å². The minimum Gasteiger partial charge on any atom is -0.508 e. The molecule has 0 spiro atoms. The fourth-order valence-corrected chi connectivity index (χ4v) is 2.16. The molecule has 4 heteroatoms. The molecule has 0 radical (unpaired) electrons. The van der Waals surface area contributed by atoms with Gasteiger partial charge in [-0.1, -0.05) is 6.07 Å². The van der Waals surface area contributed by atoms with E-state index in [0.717, 1.165) is 18.2 Å². The van der Waals surface area contributed by atoms with Crippen LogP contribution in [0.4, 0.5) is 8.78 Å². The van der Waals surface area contributed by atoms with Gasteiger partial charge in [0.1, 0.15) is 17.4 Å². The van der Waals surface area contributed by atoms with Gasteiger partial charge in [0.25, 0.3) is 0 Å². The predicted molar refractivity (Wildman–Crippen MR) is 66.7 cm³/mol. The van der Waals surface area contributed by atoms with Crippen LogP contribution in [0.2, 0.25) is 0 Å². The van der Waals surface area contributed by atoms with E-state index >= 15 is 0 Å². The van der Waals surface area contributed by atoms with Crippen molar-refractivity contribution in [2.45, 2.75) is 0 Å². The Morgan fingerprint density at radius 2 is 1.63 bits per heavy atom. The van der Waals surface area contributed by atoms with Crippen LogP contribution in [0.3, 0.4) is 0 Å². The highest BCUT2D eigenvalue weighted by atomic mass is 19.1. The summed E-state index contributed by atoms with van der Waals surface area (Å²) in [7, 11) is 0. The Hall–Kier alpha value is -2.49. The van der Waals surface area contributed by atoms with Crippen LogP contribution in [-0.2, 0) is 0 Å². The lowest BCUT2D eigenvalue weighted by Crippen LogP contribution is -1.99. The summed E-state index contributed by atoms with van der Waals surface area (Å²) < 4.78 is 26.4. The molecule has 0 atom stereocenters. The first-order chi connectivity index (χ1) is 9.04. The molecule has 0 unspecified atom stereocenters. The zero-order valence-electron chi connectivity index (χ0n) is 9.65. The van der Waals surface area contributed by atoms with E-state index in [-0.39, 0.29) is 22.7 Å². The molecular weight excluding hydrogens is 250 g/mol. The van der Waals surface area contributed by atoms with Gasteiger partial charge in [-0.25, -0.2) is 8.78 Å². The first-order valence-corrected chi connectivity index (χ1v) is 5.60. The van der Waals surface area contributed by atoms with Crippen LogP contribution in [-0.4, -0.2) is 10.9 Å². The molecule has 0 heterocycles. The van der Waals surface area contributed by atoms with E-state index < -0.39 is 11.6 Å². The third-order valence-electron chi connectivity index (χ3n) is 3.00. The highest BCUT2D eigenvalue weighted by Crippen LogP contribution is 2.33. The van der Waals surface area contributed by atoms with E-state index in [1.807, 2.05) is 0 Å². The molecule has 0 aromatic heterocycles. The average Bonchev–Trinajstić information content (AvgIpc) is 2.66. The molecule has 0 fully saturated rings. The van der Waals surface area contributed by atoms with Crippen molar-refractivity contribution in [2.75, 3.05) is 0 Å². The van der Waals surface area contributed by atoms with E-state index in [9.17, 15) is 18.7 Å². The Bertz CT molecular complexity index is 713. The molecule has 0 aliphatic heterocycles. The predicted octanol–water partition coefficient (Wildman–Crippen LogP) is 3.41. The summed E-state index contributed by atoms with van der Waals surface area (Å²) in [5, 5.41) is 9.36. The Labute approximate surface area is 107 Å². The molecule has 0 bridgehead atoms. The zero-order valence-corrected chi connectivity index (χ0v) is 9.65. The largest absolute Gasteiger partial charge is 0.508 e. The second kappa shape index (κ2) is 4.02. The molecule has 2 nitrogen and oxygen atoms in total. The number of benzene rings is 2. The van der Waals surface area contributed by atoms with E-state index in [4.69, 9.17) is 0 Å². The number of aromatic hydroxyl groups is 1. The Morgan fingerprint density at radius 3 is 2.32 bits per heavy atom. The molecule has 1 aliphatic rings. The number of ketones is 1. The summed E-state index contributed by atoms with van der Waals surface area (Å²) in [6.45, 7) is 0. The molecule has 0 saturated carbocycles. The summed E-state index contributed by atoms with van der Waals surface area (Å²) in [5.41, 5.74) is 1.37. The van der Waals surface area contributed by atoms with Gasteiger partial charge in [-0.05, 0) is 41.5 Å². The van der Waals surface area contributed by atoms with Gasteiger partial charge in [-0.15, -0.1) is 0 Å². The van der Waals surface area contributed by atoms with Crippen molar-refractivity contribution in [3.05, 3.63) is 64.7 Å². The van der Waals surface area contributed by atoms with E-state index in [1.165, 1.54) is 12.1 Å². The molecule has 1 aliphatic carbocycles. The second-order valence-electron chi connectivity index (χ2n) is 4.32. The monoisotopic (exact) mass is 258 g/mol. The molecule has 0 amide bonds. The van der Waals surface area contributed by atoms with Crippen molar-refractivity contribution >= 4 is 17.4 Å². The van der Waals surface area contributed by atoms with Crippen LogP contribution in [0.1, 0.15) is 21.5 Å². The van der Waals surface area contributed by atoms with Gasteiger partial charge in [-0.2, -0.15) is 0 Å². The molecule has 2 aromatic rings. The summed E-state index contributed by atoms with van der Waals surface area (Å²) in [4.78, 5) is 12.1. The Balaban J connectivity index is 2.12. The summed E-state index contributed by atoms with van der Waals surface area (Å²) in [6, 6.07) is 7.36. The van der Waals surface area contributed by atoms with Crippen LogP contribution >= 0.6 is 0 Å². The van der Waals surface area contributed by atoms with Crippen molar-refractivity contribution in [3.8, 4) is 5.75 Å². The summed E-state index contributed by atoms with van der Waals surface area (Å²) in [6.07, 6.45) is 1.56. The molecule has 19 heavy (non-hydrogen) atoms. The normalized spacial score (nSPS) is 13.4. The number of fused-ring (bicyclic) bond motifs is 1. The summed E-state index contributed by atoms with van der Waals surface area (Å²) >= 11 is 0. The number of hydrogen-bond donors (Lipinski definition) is 1. The first-order valence-electron chi connectivity index (χ1n) is 5.60. The number of Topliss-reactive ketones (excluding diaryl/α,β-unsaturated/α-hetero) is 1. The third kappa shape index (κ3) is 1.91. The van der Waals surface area contributed by atoms with Crippen molar-refractivity contribution in [1.29, 1.82) is 0 Å². The van der Waals surface area contributed by atoms with Gasteiger partial charge in [0.15, 0.2) is 5.78 Å². The SMILES string of the molecule is O=C1C(c2cc(F)cc(F)c2)=Cc2ccc(O)cc21. The molecule has 1 N–H and O–H groups in total. The number of halogens is 2. The first kappa shape index (κ1) is 11.6. The number of allylic oxidation sites excluding steroid dienone is 1. The fraction of sp³-hybridized carbons (Fsp3) is 0. The Morgan fingerprint density at radius 1 is 0.947 bits per heavy atom. The maximum Gasteiger partial charge on any atom is 0.194 e. The molecule has 94 valence electrons. The topological polar surface area (TPSA) is 37.3 Å². The number of carbonyl (C=O) groups is 1. The average molecular weight is 258 g/mol. The van der Waals surface area contributed by atoms with Crippen LogP contribution in [0.5, 0.6) is 5.75 Å². The number of phenolic OH excluding ortho intramolecular Hbond substituents is 1. The van der Waals surface area contributed by atoms with Crippen molar-refractivity contribution in [1.82, 2.24) is 0 Å². The number of rotatable bonds is 1.